The summed E-state index contributed by atoms with van der Waals surface area (Å²) in [6.45, 7) is 0.303. The molecule has 1 saturated carbocycles. The second-order valence-corrected chi connectivity index (χ2v) is 8.61. The fraction of sp³-hybridized carbons (Fsp3) is 0.269. The van der Waals surface area contributed by atoms with E-state index in [1.165, 1.54) is 20.0 Å². The zero-order chi connectivity index (χ0) is 23.7. The second kappa shape index (κ2) is 9.15. The van der Waals surface area contributed by atoms with Gasteiger partial charge in [-0.1, -0.05) is 25.0 Å². The number of aromatic amines is 1. The smallest absolute Gasteiger partial charge is 0.337 e. The Hall–Kier alpha value is -3.91. The van der Waals surface area contributed by atoms with Gasteiger partial charge in [0.05, 0.1) is 36.0 Å². The fourth-order valence-electron chi connectivity index (χ4n) is 4.60. The van der Waals surface area contributed by atoms with Crippen LogP contribution >= 0.6 is 0 Å². The van der Waals surface area contributed by atoms with Crippen molar-refractivity contribution in [1.82, 2.24) is 15.3 Å². The maximum Gasteiger partial charge on any atom is 0.337 e. The molecule has 0 atom stereocenters. The predicted molar refractivity (Wildman–Crippen MR) is 131 cm³/mol. The number of carbonyl (C=O) groups is 2. The number of benzene rings is 2. The van der Waals surface area contributed by atoms with Crippen molar-refractivity contribution >= 4 is 39.4 Å². The maximum atomic E-state index is 12.3. The van der Waals surface area contributed by atoms with Crippen molar-refractivity contribution in [2.45, 2.75) is 31.7 Å². The highest BCUT2D eigenvalue weighted by Crippen LogP contribution is 2.37. The zero-order valence-electron chi connectivity index (χ0n) is 18.9. The monoisotopic (exact) mass is 458 g/mol. The van der Waals surface area contributed by atoms with Crippen LogP contribution in [0.4, 0.5) is 5.69 Å². The fourth-order valence-corrected chi connectivity index (χ4v) is 4.60. The molecule has 1 fully saturated rings. The first-order valence-electron chi connectivity index (χ1n) is 11.4. The van der Waals surface area contributed by atoms with Crippen LogP contribution in [0.3, 0.4) is 0 Å². The summed E-state index contributed by atoms with van der Waals surface area (Å²) >= 11 is 0. The molecule has 1 amide bonds. The van der Waals surface area contributed by atoms with Crippen LogP contribution in [-0.2, 0) is 9.53 Å². The van der Waals surface area contributed by atoms with Crippen LogP contribution in [0.15, 0.2) is 48.5 Å². The van der Waals surface area contributed by atoms with Crippen molar-refractivity contribution in [3.05, 3.63) is 54.1 Å². The van der Waals surface area contributed by atoms with Crippen molar-refractivity contribution in [3.8, 4) is 17.1 Å². The highest BCUT2D eigenvalue weighted by molar-refractivity contribution is 6.03. The Morgan fingerprint density at radius 3 is 2.74 bits per heavy atom. The van der Waals surface area contributed by atoms with Crippen LogP contribution in [0.2, 0.25) is 0 Å². The van der Waals surface area contributed by atoms with Gasteiger partial charge in [0.2, 0.25) is 5.91 Å². The van der Waals surface area contributed by atoms with Crippen LogP contribution in [0, 0.1) is 0 Å². The molecule has 34 heavy (non-hydrogen) atoms. The third kappa shape index (κ3) is 4.32. The number of hydrogen-bond donors (Lipinski definition) is 4. The van der Waals surface area contributed by atoms with E-state index < -0.39 is 5.97 Å². The first-order chi connectivity index (χ1) is 16.5. The molecule has 0 aliphatic heterocycles. The van der Waals surface area contributed by atoms with Gasteiger partial charge in [-0.2, -0.15) is 0 Å². The summed E-state index contributed by atoms with van der Waals surface area (Å²) in [5.41, 5.74) is 3.61. The highest BCUT2D eigenvalue weighted by Gasteiger charge is 2.17. The molecule has 8 nitrogen and oxygen atoms in total. The molecule has 174 valence electrons. The summed E-state index contributed by atoms with van der Waals surface area (Å²) in [6, 6.07) is 14.8. The lowest BCUT2D eigenvalue weighted by atomic mass is 10.1. The van der Waals surface area contributed by atoms with Crippen molar-refractivity contribution < 1.29 is 19.4 Å². The molecule has 0 saturated heterocycles. The second-order valence-electron chi connectivity index (χ2n) is 8.61. The Labute approximate surface area is 196 Å². The molecule has 2 aromatic heterocycles. The molecule has 2 heterocycles. The number of aromatic nitrogens is 2. The summed E-state index contributed by atoms with van der Waals surface area (Å²) in [7, 11) is 1.33. The van der Waals surface area contributed by atoms with E-state index in [0.29, 0.717) is 40.6 Å². The Bertz CT molecular complexity index is 1390. The first kappa shape index (κ1) is 21.9. The molecular formula is C26H26N4O4. The van der Waals surface area contributed by atoms with Crippen LogP contribution < -0.4 is 10.6 Å². The van der Waals surface area contributed by atoms with Crippen LogP contribution in [0.25, 0.3) is 33.1 Å². The van der Waals surface area contributed by atoms with Crippen molar-refractivity contribution in [2.75, 3.05) is 19.0 Å². The molecular weight excluding hydrogens is 432 g/mol. The largest absolute Gasteiger partial charge is 0.494 e. The SMILES string of the molecule is COC(=O)c1ccc2c(-c3ccc4cc(NC(=O)CNC5CCCC5)ccc4n3)c(O)[nH]c2c1. The van der Waals surface area contributed by atoms with Crippen molar-refractivity contribution in [2.24, 2.45) is 0 Å². The third-order valence-electron chi connectivity index (χ3n) is 6.34. The molecule has 0 bridgehead atoms. The zero-order valence-corrected chi connectivity index (χ0v) is 18.9. The van der Waals surface area contributed by atoms with Gasteiger partial charge < -0.3 is 25.5 Å². The average molecular weight is 459 g/mol. The van der Waals surface area contributed by atoms with E-state index in [9.17, 15) is 14.7 Å². The predicted octanol–water partition coefficient (Wildman–Crippen LogP) is 4.35. The number of anilines is 1. The minimum Gasteiger partial charge on any atom is -0.494 e. The highest BCUT2D eigenvalue weighted by atomic mass is 16.5. The number of nitrogens with zero attached hydrogens (tertiary/aromatic N) is 1. The van der Waals surface area contributed by atoms with Gasteiger partial charge in [-0.15, -0.1) is 0 Å². The molecule has 0 unspecified atom stereocenters. The van der Waals surface area contributed by atoms with E-state index in [0.717, 1.165) is 29.1 Å². The number of pyridine rings is 1. The van der Waals surface area contributed by atoms with E-state index in [-0.39, 0.29) is 11.8 Å². The normalized spacial score (nSPS) is 14.0. The number of methoxy groups -OCH3 is 1. The Kier molecular flexibility index (Phi) is 5.90. The molecule has 1 aliphatic carbocycles. The molecule has 0 radical (unpaired) electrons. The van der Waals surface area contributed by atoms with Gasteiger partial charge in [0.25, 0.3) is 0 Å². The molecule has 4 aromatic rings. The average Bonchev–Trinajstić information content (AvgIpc) is 3.48. The molecule has 8 heteroatoms. The van der Waals surface area contributed by atoms with E-state index >= 15 is 0 Å². The molecule has 2 aromatic carbocycles. The minimum atomic E-state index is -0.446. The summed E-state index contributed by atoms with van der Waals surface area (Å²) < 4.78 is 4.77. The number of ether oxygens (including phenoxy) is 1. The van der Waals surface area contributed by atoms with Crippen molar-refractivity contribution in [3.63, 3.8) is 0 Å². The van der Waals surface area contributed by atoms with Crippen LogP contribution in [-0.4, -0.2) is 46.6 Å². The summed E-state index contributed by atoms with van der Waals surface area (Å²) in [5.74, 6) is -0.535. The van der Waals surface area contributed by atoms with Crippen LogP contribution in [0.1, 0.15) is 36.0 Å². The number of rotatable bonds is 6. The van der Waals surface area contributed by atoms with Gasteiger partial charge in [0, 0.05) is 28.0 Å². The number of esters is 1. The minimum absolute atomic E-state index is 0.0255. The number of carbonyl (C=O) groups excluding carboxylic acids is 2. The van der Waals surface area contributed by atoms with E-state index in [1.54, 1.807) is 18.2 Å². The van der Waals surface area contributed by atoms with Gasteiger partial charge in [-0.25, -0.2) is 9.78 Å². The van der Waals surface area contributed by atoms with Crippen molar-refractivity contribution in [1.29, 1.82) is 0 Å². The van der Waals surface area contributed by atoms with Gasteiger partial charge in [-0.3, -0.25) is 4.79 Å². The molecule has 1 aliphatic rings. The van der Waals surface area contributed by atoms with E-state index in [2.05, 4.69) is 15.6 Å². The Morgan fingerprint density at radius 1 is 1.12 bits per heavy atom. The number of fused-ring (bicyclic) bond motifs is 2. The maximum absolute atomic E-state index is 12.3. The van der Waals surface area contributed by atoms with Crippen LogP contribution in [0.5, 0.6) is 5.88 Å². The summed E-state index contributed by atoms with van der Waals surface area (Å²) in [6.07, 6.45) is 4.72. The third-order valence-corrected chi connectivity index (χ3v) is 6.34. The topological polar surface area (TPSA) is 116 Å². The number of nitrogens with one attached hydrogen (secondary N) is 3. The lowest BCUT2D eigenvalue weighted by Gasteiger charge is -2.12. The number of aromatic hydroxyl groups is 1. The lowest BCUT2D eigenvalue weighted by Crippen LogP contribution is -2.34. The van der Waals surface area contributed by atoms with Gasteiger partial charge in [-0.05, 0) is 49.2 Å². The number of H-pyrrole nitrogens is 1. The van der Waals surface area contributed by atoms with Gasteiger partial charge in [0.1, 0.15) is 0 Å². The standard InChI is InChI=1S/C26H26N4O4/c1-34-26(33)16-6-9-19-22(13-16)30-25(32)24(19)21-10-7-15-12-18(8-11-20(15)29-21)28-23(31)14-27-17-4-2-3-5-17/h6-13,17,27,30,32H,2-5,14H2,1H3,(H,28,31). The van der Waals surface area contributed by atoms with Gasteiger partial charge >= 0.3 is 5.97 Å². The van der Waals surface area contributed by atoms with E-state index in [1.807, 2.05) is 30.3 Å². The first-order valence-corrected chi connectivity index (χ1v) is 11.4. The summed E-state index contributed by atoms with van der Waals surface area (Å²) in [4.78, 5) is 31.8. The summed E-state index contributed by atoms with van der Waals surface area (Å²) in [5, 5.41) is 18.4. The quantitative estimate of drug-likeness (QED) is 0.319. The molecule has 5 rings (SSSR count). The Morgan fingerprint density at radius 2 is 1.94 bits per heavy atom. The number of amides is 1. The van der Waals surface area contributed by atoms with Gasteiger partial charge in [0.15, 0.2) is 5.88 Å². The molecule has 0 spiro atoms. The lowest BCUT2D eigenvalue weighted by molar-refractivity contribution is -0.115. The Balaban J connectivity index is 1.37. The molecule has 4 N–H and O–H groups in total. The number of hydrogen-bond acceptors (Lipinski definition) is 6. The van der Waals surface area contributed by atoms with E-state index in [4.69, 9.17) is 9.72 Å².